The molecule has 41 heavy (non-hydrogen) atoms. The highest BCUT2D eigenvalue weighted by molar-refractivity contribution is 5.95. The minimum Gasteiger partial charge on any atom is -0.493 e. The Bertz CT molecular complexity index is 1710. The highest BCUT2D eigenvalue weighted by Gasteiger charge is 2.17. The quantitative estimate of drug-likeness (QED) is 0.335. The highest BCUT2D eigenvalue weighted by Crippen LogP contribution is 2.33. The molecule has 2 amide bonds. The van der Waals surface area contributed by atoms with Crippen molar-refractivity contribution in [1.29, 1.82) is 0 Å². The fourth-order valence-electron chi connectivity index (χ4n) is 4.83. The van der Waals surface area contributed by atoms with Gasteiger partial charge < -0.3 is 20.1 Å². The molecule has 10 nitrogen and oxygen atoms in total. The van der Waals surface area contributed by atoms with Gasteiger partial charge in [-0.2, -0.15) is 5.10 Å². The van der Waals surface area contributed by atoms with E-state index in [-0.39, 0.29) is 25.0 Å². The molecule has 0 aliphatic carbocycles. The van der Waals surface area contributed by atoms with E-state index in [4.69, 9.17) is 9.47 Å². The Morgan fingerprint density at radius 2 is 1.93 bits per heavy atom. The number of aromatic nitrogens is 4. The zero-order chi connectivity index (χ0) is 28.2. The Morgan fingerprint density at radius 1 is 1.05 bits per heavy atom. The number of hydrogen-bond donors (Lipinski definition) is 2. The number of fused-ring (bicyclic) bond motifs is 7. The lowest BCUT2D eigenvalue weighted by Gasteiger charge is -2.14. The summed E-state index contributed by atoms with van der Waals surface area (Å²) in [7, 11) is 1.55. The molecule has 1 aliphatic rings. The highest BCUT2D eigenvalue weighted by atomic mass is 16.5. The van der Waals surface area contributed by atoms with Gasteiger partial charge in [-0.25, -0.2) is 4.98 Å². The van der Waals surface area contributed by atoms with Crippen LogP contribution in [0, 0.1) is 0 Å². The maximum Gasteiger partial charge on any atom is 0.258 e. The molecule has 3 aromatic carbocycles. The van der Waals surface area contributed by atoms with Gasteiger partial charge in [0.2, 0.25) is 0 Å². The van der Waals surface area contributed by atoms with E-state index in [1.54, 1.807) is 37.7 Å². The van der Waals surface area contributed by atoms with Gasteiger partial charge in [0.05, 0.1) is 13.7 Å². The van der Waals surface area contributed by atoms with Gasteiger partial charge in [-0.05, 0) is 59.2 Å². The Labute approximate surface area is 236 Å². The number of carbonyl (C=O) groups excluding carboxylic acids is 2. The molecule has 2 aromatic heterocycles. The molecule has 6 rings (SSSR count). The molecule has 5 aromatic rings. The molecule has 0 unspecified atom stereocenters. The molecule has 0 saturated carbocycles. The normalized spacial score (nSPS) is 12.6. The molecule has 0 saturated heterocycles. The number of nitrogens with zero attached hydrogens (tertiary/aromatic N) is 4. The van der Waals surface area contributed by atoms with Crippen LogP contribution in [0.2, 0.25) is 0 Å². The summed E-state index contributed by atoms with van der Waals surface area (Å²) in [6.45, 7) is 1.01. The Hall–Kier alpha value is -5.38. The molecular formula is C31H28N6O4. The first-order chi connectivity index (χ1) is 20.1. The molecule has 1 aliphatic heterocycles. The largest absolute Gasteiger partial charge is 0.493 e. The summed E-state index contributed by atoms with van der Waals surface area (Å²) < 4.78 is 15.0. The van der Waals surface area contributed by atoms with Crippen LogP contribution < -0.4 is 20.1 Å². The van der Waals surface area contributed by atoms with Gasteiger partial charge in [-0.3, -0.25) is 18.8 Å². The predicted molar refractivity (Wildman–Crippen MR) is 152 cm³/mol. The van der Waals surface area contributed by atoms with Gasteiger partial charge in [-0.15, -0.1) is 0 Å². The molecular weight excluding hydrogens is 520 g/mol. The van der Waals surface area contributed by atoms with Gasteiger partial charge >= 0.3 is 0 Å². The van der Waals surface area contributed by atoms with Gasteiger partial charge in [0.15, 0.2) is 18.1 Å². The second-order valence-corrected chi connectivity index (χ2v) is 9.60. The molecule has 10 heteroatoms. The van der Waals surface area contributed by atoms with E-state index >= 15 is 0 Å². The van der Waals surface area contributed by atoms with E-state index in [0.29, 0.717) is 36.0 Å². The van der Waals surface area contributed by atoms with E-state index in [9.17, 15) is 9.59 Å². The number of methoxy groups -OCH3 is 1. The standard InChI is InChI=1S/C31H28N6O4/c1-40-27-8-7-22-16-28(27)41-20-29(38)33-17-21-13-25(15-26(14-21)37-12-10-32-30(22)37)31(39)34-18-23-5-2-3-6-24(23)19-36-11-4-9-35-36/h2-16H,17-20H2,1H3,(H,33,38)(H,34,39). The zero-order valence-electron chi connectivity index (χ0n) is 22.4. The van der Waals surface area contributed by atoms with Crippen LogP contribution in [0.5, 0.6) is 11.5 Å². The van der Waals surface area contributed by atoms with E-state index in [0.717, 1.165) is 27.9 Å². The minimum absolute atomic E-state index is 0.181. The van der Waals surface area contributed by atoms with E-state index in [1.807, 2.05) is 70.2 Å². The van der Waals surface area contributed by atoms with Crippen LogP contribution in [0.4, 0.5) is 0 Å². The summed E-state index contributed by atoms with van der Waals surface area (Å²) >= 11 is 0. The van der Waals surface area contributed by atoms with Crippen molar-refractivity contribution in [3.63, 3.8) is 0 Å². The molecule has 3 heterocycles. The SMILES string of the molecule is COc1ccc2cc1OCC(=O)NCc1cc(C(=O)NCc3ccccc3Cn3cccn3)cc(c1)-n1ccnc1-2. The Kier molecular flexibility index (Phi) is 7.19. The first kappa shape index (κ1) is 25.9. The van der Waals surface area contributed by atoms with Gasteiger partial charge in [-0.1, -0.05) is 24.3 Å². The maximum atomic E-state index is 13.5. The fourth-order valence-corrected chi connectivity index (χ4v) is 4.83. The number of ether oxygens (including phenoxy) is 2. The van der Waals surface area contributed by atoms with Crippen LogP contribution in [-0.4, -0.2) is 44.9 Å². The predicted octanol–water partition coefficient (Wildman–Crippen LogP) is 3.73. The lowest BCUT2D eigenvalue weighted by molar-refractivity contribution is -0.123. The Morgan fingerprint density at radius 3 is 2.76 bits per heavy atom. The van der Waals surface area contributed by atoms with Crippen molar-refractivity contribution >= 4 is 11.8 Å². The van der Waals surface area contributed by atoms with Crippen LogP contribution >= 0.6 is 0 Å². The number of carbonyl (C=O) groups is 2. The van der Waals surface area contributed by atoms with Crippen molar-refractivity contribution in [3.05, 3.63) is 114 Å². The lowest BCUT2D eigenvalue weighted by Crippen LogP contribution is -2.29. The number of benzene rings is 3. The van der Waals surface area contributed by atoms with Crippen molar-refractivity contribution in [2.45, 2.75) is 19.6 Å². The smallest absolute Gasteiger partial charge is 0.258 e. The number of nitrogens with one attached hydrogen (secondary N) is 2. The second kappa shape index (κ2) is 11.4. The van der Waals surface area contributed by atoms with Crippen molar-refractivity contribution in [2.75, 3.05) is 13.7 Å². The summed E-state index contributed by atoms with van der Waals surface area (Å²) in [5.41, 5.74) is 4.83. The summed E-state index contributed by atoms with van der Waals surface area (Å²) in [5.74, 6) is 1.09. The second-order valence-electron chi connectivity index (χ2n) is 9.60. The molecule has 4 bridgehead atoms. The molecule has 0 spiro atoms. The molecule has 0 fully saturated rings. The molecule has 206 valence electrons. The topological polar surface area (TPSA) is 112 Å². The number of rotatable bonds is 6. The summed E-state index contributed by atoms with van der Waals surface area (Å²) in [5, 5.41) is 10.2. The minimum atomic E-state index is -0.292. The third-order valence-electron chi connectivity index (χ3n) is 6.88. The third-order valence-corrected chi connectivity index (χ3v) is 6.88. The van der Waals surface area contributed by atoms with Crippen LogP contribution in [0.15, 0.2) is 91.5 Å². The van der Waals surface area contributed by atoms with Gasteiger partial charge in [0.1, 0.15) is 5.82 Å². The van der Waals surface area contributed by atoms with E-state index in [2.05, 4.69) is 20.7 Å². The summed E-state index contributed by atoms with van der Waals surface area (Å²) in [4.78, 5) is 30.6. The van der Waals surface area contributed by atoms with Crippen molar-refractivity contribution < 1.29 is 19.1 Å². The first-order valence-electron chi connectivity index (χ1n) is 13.2. The van der Waals surface area contributed by atoms with Gasteiger partial charge in [0, 0.05) is 54.7 Å². The van der Waals surface area contributed by atoms with E-state index in [1.165, 1.54) is 0 Å². The Balaban J connectivity index is 1.32. The van der Waals surface area contributed by atoms with Crippen molar-refractivity contribution in [3.8, 4) is 28.6 Å². The number of hydrogen-bond acceptors (Lipinski definition) is 6. The average Bonchev–Trinajstić information content (AvgIpc) is 3.70. The number of amides is 2. The van der Waals surface area contributed by atoms with Gasteiger partial charge in [0.25, 0.3) is 11.8 Å². The first-order valence-corrected chi connectivity index (χ1v) is 13.2. The summed E-state index contributed by atoms with van der Waals surface area (Å²) in [6.07, 6.45) is 7.20. The molecule has 0 radical (unpaired) electrons. The van der Waals surface area contributed by atoms with Crippen LogP contribution in [0.25, 0.3) is 17.1 Å². The summed E-state index contributed by atoms with van der Waals surface area (Å²) in [6, 6.07) is 20.8. The zero-order valence-corrected chi connectivity index (χ0v) is 22.4. The maximum absolute atomic E-state index is 13.5. The molecule has 2 N–H and O–H groups in total. The van der Waals surface area contributed by atoms with Crippen molar-refractivity contribution in [1.82, 2.24) is 30.0 Å². The van der Waals surface area contributed by atoms with Crippen LogP contribution in [0.1, 0.15) is 27.0 Å². The molecule has 0 atom stereocenters. The monoisotopic (exact) mass is 548 g/mol. The van der Waals surface area contributed by atoms with Crippen LogP contribution in [0.3, 0.4) is 0 Å². The van der Waals surface area contributed by atoms with Crippen LogP contribution in [-0.2, 0) is 24.4 Å². The lowest BCUT2D eigenvalue weighted by atomic mass is 10.1. The van der Waals surface area contributed by atoms with E-state index < -0.39 is 0 Å². The fraction of sp³-hybridized carbons (Fsp3) is 0.161. The average molecular weight is 549 g/mol. The number of imidazole rings is 1. The third kappa shape index (κ3) is 5.67. The van der Waals surface area contributed by atoms with Crippen molar-refractivity contribution in [2.24, 2.45) is 0 Å².